The van der Waals surface area contributed by atoms with Crippen molar-refractivity contribution in [3.63, 3.8) is 0 Å². The number of benzene rings is 2. The van der Waals surface area contributed by atoms with Crippen molar-refractivity contribution in [2.24, 2.45) is 5.92 Å². The van der Waals surface area contributed by atoms with Crippen LogP contribution in [0.2, 0.25) is 0 Å². The highest BCUT2D eigenvalue weighted by molar-refractivity contribution is 5.95. The summed E-state index contributed by atoms with van der Waals surface area (Å²) >= 11 is 0. The molecule has 31 heavy (non-hydrogen) atoms. The maximum absolute atomic E-state index is 12.6. The lowest BCUT2D eigenvalue weighted by Gasteiger charge is -2.25. The van der Waals surface area contributed by atoms with Gasteiger partial charge in [0.05, 0.1) is 19.3 Å². The molecule has 0 aliphatic carbocycles. The quantitative estimate of drug-likeness (QED) is 0.563. The second kappa shape index (κ2) is 10.4. The van der Waals surface area contributed by atoms with Crippen molar-refractivity contribution in [3.8, 4) is 5.75 Å². The van der Waals surface area contributed by atoms with Crippen LogP contribution in [-0.2, 0) is 15.0 Å². The number of rotatable bonds is 8. The predicted octanol–water partition coefficient (Wildman–Crippen LogP) is 4.88. The Morgan fingerprint density at radius 2 is 1.65 bits per heavy atom. The zero-order chi connectivity index (χ0) is 23.2. The first-order valence-electron chi connectivity index (χ1n) is 10.6. The molecule has 0 bridgehead atoms. The lowest BCUT2D eigenvalue weighted by atomic mass is 9.85. The molecule has 3 N–H and O–H groups in total. The number of anilines is 2. The smallest absolute Gasteiger partial charge is 0.238 e. The number of carbonyl (C=O) groups excluding carboxylic acids is 2. The Morgan fingerprint density at radius 3 is 2.16 bits per heavy atom. The van der Waals surface area contributed by atoms with Crippen LogP contribution < -0.4 is 20.7 Å². The van der Waals surface area contributed by atoms with Crippen molar-refractivity contribution >= 4 is 23.2 Å². The van der Waals surface area contributed by atoms with E-state index in [1.807, 2.05) is 0 Å². The van der Waals surface area contributed by atoms with Crippen LogP contribution in [0.15, 0.2) is 42.5 Å². The average molecular weight is 426 g/mol. The van der Waals surface area contributed by atoms with Crippen LogP contribution in [0.5, 0.6) is 5.75 Å². The maximum atomic E-state index is 12.6. The normalized spacial score (nSPS) is 12.4. The minimum absolute atomic E-state index is 0.0485. The van der Waals surface area contributed by atoms with E-state index >= 15 is 0 Å². The van der Waals surface area contributed by atoms with E-state index in [-0.39, 0.29) is 29.8 Å². The van der Waals surface area contributed by atoms with Gasteiger partial charge in [0.2, 0.25) is 11.8 Å². The highest BCUT2D eigenvalue weighted by Gasteiger charge is 2.19. The molecular formula is C25H35N3O3. The van der Waals surface area contributed by atoms with Gasteiger partial charge in [-0.25, -0.2) is 0 Å². The van der Waals surface area contributed by atoms with E-state index in [0.717, 1.165) is 5.56 Å². The first-order chi connectivity index (χ1) is 14.5. The van der Waals surface area contributed by atoms with Gasteiger partial charge < -0.3 is 20.7 Å². The Kier molecular flexibility index (Phi) is 8.22. The van der Waals surface area contributed by atoms with Crippen molar-refractivity contribution in [1.82, 2.24) is 5.32 Å². The highest BCUT2D eigenvalue weighted by Crippen LogP contribution is 2.29. The SMILES string of the molecule is COc1ccc(NC(C)=O)cc1NC(=O)CNC(c1ccc(C(C)(C)C)cc1)C(C)C. The Labute approximate surface area is 185 Å². The Hall–Kier alpha value is -2.86. The van der Waals surface area contributed by atoms with Gasteiger partial charge >= 0.3 is 0 Å². The summed E-state index contributed by atoms with van der Waals surface area (Å²) in [6, 6.07) is 13.8. The van der Waals surface area contributed by atoms with Crippen molar-refractivity contribution in [3.05, 3.63) is 53.6 Å². The summed E-state index contributed by atoms with van der Waals surface area (Å²) in [5.41, 5.74) is 3.64. The van der Waals surface area contributed by atoms with Crippen LogP contribution in [0, 0.1) is 5.92 Å². The molecule has 0 radical (unpaired) electrons. The standard InChI is InChI=1S/C25H35N3O3/c1-16(2)24(18-8-10-19(11-9-18)25(4,5)6)26-15-23(30)28-21-14-20(27-17(3)29)12-13-22(21)31-7/h8-14,16,24,26H,15H2,1-7H3,(H,27,29)(H,28,30). The van der Waals surface area contributed by atoms with E-state index in [0.29, 0.717) is 23.0 Å². The number of hydrogen-bond donors (Lipinski definition) is 3. The maximum Gasteiger partial charge on any atom is 0.238 e. The van der Waals surface area contributed by atoms with E-state index in [1.54, 1.807) is 18.2 Å². The number of amides is 2. The first-order valence-corrected chi connectivity index (χ1v) is 10.6. The molecule has 0 heterocycles. The number of carbonyl (C=O) groups is 2. The zero-order valence-electron chi connectivity index (χ0n) is 19.6. The van der Waals surface area contributed by atoms with Gasteiger partial charge in [-0.15, -0.1) is 0 Å². The molecule has 0 aliphatic heterocycles. The molecular weight excluding hydrogens is 390 g/mol. The van der Waals surface area contributed by atoms with Crippen LogP contribution in [0.1, 0.15) is 58.7 Å². The molecule has 0 spiro atoms. The topological polar surface area (TPSA) is 79.5 Å². The average Bonchev–Trinajstić information content (AvgIpc) is 2.67. The summed E-state index contributed by atoms with van der Waals surface area (Å²) in [6.07, 6.45) is 0. The van der Waals surface area contributed by atoms with Crippen LogP contribution >= 0.6 is 0 Å². The molecule has 1 atom stereocenters. The molecule has 0 aromatic heterocycles. The molecule has 0 saturated carbocycles. The third-order valence-corrected chi connectivity index (χ3v) is 5.08. The monoisotopic (exact) mass is 425 g/mol. The molecule has 2 rings (SSSR count). The van der Waals surface area contributed by atoms with Gasteiger partial charge in [-0.1, -0.05) is 58.9 Å². The van der Waals surface area contributed by atoms with Gasteiger partial charge in [0.15, 0.2) is 0 Å². The summed E-state index contributed by atoms with van der Waals surface area (Å²) < 4.78 is 5.33. The van der Waals surface area contributed by atoms with Gasteiger partial charge in [0, 0.05) is 18.7 Å². The Bertz CT molecular complexity index is 899. The molecule has 2 amide bonds. The third-order valence-electron chi connectivity index (χ3n) is 5.08. The first kappa shape index (κ1) is 24.4. The molecule has 1 unspecified atom stereocenters. The van der Waals surface area contributed by atoms with Gasteiger partial charge in [-0.3, -0.25) is 9.59 Å². The lowest BCUT2D eigenvalue weighted by molar-refractivity contribution is -0.116. The molecule has 2 aromatic rings. The van der Waals surface area contributed by atoms with Crippen LogP contribution in [0.4, 0.5) is 11.4 Å². The number of hydrogen-bond acceptors (Lipinski definition) is 4. The van der Waals surface area contributed by atoms with Crippen molar-refractivity contribution in [1.29, 1.82) is 0 Å². The zero-order valence-corrected chi connectivity index (χ0v) is 19.6. The number of nitrogens with one attached hydrogen (secondary N) is 3. The van der Waals surface area contributed by atoms with Crippen molar-refractivity contribution in [2.45, 2.75) is 53.0 Å². The summed E-state index contributed by atoms with van der Waals surface area (Å²) in [5.74, 6) is 0.475. The molecule has 2 aromatic carbocycles. The van der Waals surface area contributed by atoms with Gasteiger partial charge in [-0.2, -0.15) is 0 Å². The highest BCUT2D eigenvalue weighted by atomic mass is 16.5. The van der Waals surface area contributed by atoms with Crippen LogP contribution in [0.25, 0.3) is 0 Å². The van der Waals surface area contributed by atoms with E-state index in [9.17, 15) is 9.59 Å². The summed E-state index contributed by atoms with van der Waals surface area (Å²) in [7, 11) is 1.54. The second-order valence-electron chi connectivity index (χ2n) is 9.12. The molecule has 168 valence electrons. The third kappa shape index (κ3) is 7.10. The molecule has 0 aliphatic rings. The van der Waals surface area contributed by atoms with E-state index in [2.05, 4.69) is 74.8 Å². The van der Waals surface area contributed by atoms with Gasteiger partial charge in [0.25, 0.3) is 0 Å². The van der Waals surface area contributed by atoms with Crippen LogP contribution in [-0.4, -0.2) is 25.5 Å². The van der Waals surface area contributed by atoms with E-state index in [1.165, 1.54) is 19.6 Å². The molecule has 0 saturated heterocycles. The van der Waals surface area contributed by atoms with Crippen LogP contribution in [0.3, 0.4) is 0 Å². The summed E-state index contributed by atoms with van der Waals surface area (Å²) in [4.78, 5) is 24.0. The number of methoxy groups -OCH3 is 1. The molecule has 6 nitrogen and oxygen atoms in total. The minimum atomic E-state index is -0.185. The summed E-state index contributed by atoms with van der Waals surface area (Å²) in [6.45, 7) is 12.4. The Morgan fingerprint density at radius 1 is 1.00 bits per heavy atom. The molecule has 0 fully saturated rings. The largest absolute Gasteiger partial charge is 0.495 e. The van der Waals surface area contributed by atoms with Gasteiger partial charge in [0.1, 0.15) is 5.75 Å². The van der Waals surface area contributed by atoms with E-state index < -0.39 is 0 Å². The van der Waals surface area contributed by atoms with Gasteiger partial charge in [-0.05, 0) is 40.7 Å². The predicted molar refractivity (Wildman–Crippen MR) is 127 cm³/mol. The minimum Gasteiger partial charge on any atom is -0.495 e. The fourth-order valence-electron chi connectivity index (χ4n) is 3.41. The fraction of sp³-hybridized carbons (Fsp3) is 0.440. The lowest BCUT2D eigenvalue weighted by Crippen LogP contribution is -2.33. The fourth-order valence-corrected chi connectivity index (χ4v) is 3.41. The summed E-state index contributed by atoms with van der Waals surface area (Å²) in [5, 5.41) is 8.96. The van der Waals surface area contributed by atoms with E-state index in [4.69, 9.17) is 4.74 Å². The Balaban J connectivity index is 2.08. The molecule has 6 heteroatoms. The van der Waals surface area contributed by atoms with Crippen molar-refractivity contribution in [2.75, 3.05) is 24.3 Å². The number of ether oxygens (including phenoxy) is 1. The van der Waals surface area contributed by atoms with Crippen molar-refractivity contribution < 1.29 is 14.3 Å². The second-order valence-corrected chi connectivity index (χ2v) is 9.12.